The Morgan fingerprint density at radius 2 is 2.12 bits per heavy atom. The molecule has 1 aromatic carbocycles. The molecular formula is C21H27N3OS. The Bertz CT molecular complexity index is 844. The molecule has 1 amide bonds. The molecule has 2 heterocycles. The first-order chi connectivity index (χ1) is 12.5. The SMILES string of the molecule is Cc1ccc(-c2sc(C)nc2C(=O)N2[C@H](CN)C[C@@H]3CCC[C@@H]32)c(C)c1. The highest BCUT2D eigenvalue weighted by molar-refractivity contribution is 7.15. The number of nitrogens with zero attached hydrogens (tertiary/aromatic N) is 2. The minimum atomic E-state index is 0.0779. The Morgan fingerprint density at radius 3 is 2.85 bits per heavy atom. The largest absolute Gasteiger partial charge is 0.330 e. The highest BCUT2D eigenvalue weighted by atomic mass is 32.1. The number of nitrogens with two attached hydrogens (primary N) is 1. The van der Waals surface area contributed by atoms with Crippen LogP contribution in [0.5, 0.6) is 0 Å². The summed E-state index contributed by atoms with van der Waals surface area (Å²) in [5, 5.41) is 0.940. The second kappa shape index (κ2) is 6.78. The first kappa shape index (κ1) is 17.7. The molecule has 0 spiro atoms. The summed E-state index contributed by atoms with van der Waals surface area (Å²) in [4.78, 5) is 21.3. The molecule has 2 N–H and O–H groups in total. The van der Waals surface area contributed by atoms with Crippen LogP contribution in [-0.2, 0) is 0 Å². The van der Waals surface area contributed by atoms with Crippen molar-refractivity contribution in [1.29, 1.82) is 0 Å². The summed E-state index contributed by atoms with van der Waals surface area (Å²) in [6, 6.07) is 6.91. The van der Waals surface area contributed by atoms with Gasteiger partial charge in [0.2, 0.25) is 0 Å². The predicted molar refractivity (Wildman–Crippen MR) is 107 cm³/mol. The molecule has 138 valence electrons. The molecule has 2 aromatic rings. The van der Waals surface area contributed by atoms with Crippen molar-refractivity contribution in [2.75, 3.05) is 6.54 Å². The Balaban J connectivity index is 1.75. The molecule has 1 aliphatic carbocycles. The number of carbonyl (C=O) groups is 1. The normalized spacial score (nSPS) is 24.9. The lowest BCUT2D eigenvalue weighted by molar-refractivity contribution is 0.0660. The van der Waals surface area contributed by atoms with Crippen molar-refractivity contribution in [3.05, 3.63) is 40.0 Å². The summed E-state index contributed by atoms with van der Waals surface area (Å²) in [5.41, 5.74) is 10.2. The van der Waals surface area contributed by atoms with E-state index in [-0.39, 0.29) is 11.9 Å². The van der Waals surface area contributed by atoms with Crippen LogP contribution in [0.25, 0.3) is 10.4 Å². The van der Waals surface area contributed by atoms with Gasteiger partial charge in [0.05, 0.1) is 9.88 Å². The number of amides is 1. The zero-order valence-electron chi connectivity index (χ0n) is 15.8. The van der Waals surface area contributed by atoms with Gasteiger partial charge in [-0.2, -0.15) is 0 Å². The van der Waals surface area contributed by atoms with Crippen molar-refractivity contribution in [3.8, 4) is 10.4 Å². The van der Waals surface area contributed by atoms with E-state index in [2.05, 4.69) is 41.9 Å². The molecule has 0 bridgehead atoms. The summed E-state index contributed by atoms with van der Waals surface area (Å²) < 4.78 is 0. The highest BCUT2D eigenvalue weighted by Gasteiger charge is 2.46. The van der Waals surface area contributed by atoms with Gasteiger partial charge in [0.25, 0.3) is 5.91 Å². The minimum absolute atomic E-state index is 0.0779. The monoisotopic (exact) mass is 369 g/mol. The fourth-order valence-electron chi connectivity index (χ4n) is 4.86. The number of benzene rings is 1. The van der Waals surface area contributed by atoms with Gasteiger partial charge < -0.3 is 10.6 Å². The van der Waals surface area contributed by atoms with Gasteiger partial charge in [0, 0.05) is 18.6 Å². The summed E-state index contributed by atoms with van der Waals surface area (Å²) in [5.74, 6) is 0.700. The maximum atomic E-state index is 13.6. The number of carbonyl (C=O) groups excluding carboxylic acids is 1. The number of aryl methyl sites for hydroxylation is 3. The van der Waals surface area contributed by atoms with Crippen LogP contribution >= 0.6 is 11.3 Å². The van der Waals surface area contributed by atoms with Crippen molar-refractivity contribution >= 4 is 17.2 Å². The molecule has 0 radical (unpaired) electrons. The van der Waals surface area contributed by atoms with E-state index in [1.54, 1.807) is 11.3 Å². The van der Waals surface area contributed by atoms with Gasteiger partial charge >= 0.3 is 0 Å². The third kappa shape index (κ3) is 2.87. The van der Waals surface area contributed by atoms with Crippen molar-refractivity contribution in [3.63, 3.8) is 0 Å². The van der Waals surface area contributed by atoms with Crippen LogP contribution in [0.4, 0.5) is 0 Å². The number of hydrogen-bond donors (Lipinski definition) is 1. The molecule has 0 unspecified atom stereocenters. The predicted octanol–water partition coefficient (Wildman–Crippen LogP) is 4.08. The van der Waals surface area contributed by atoms with Gasteiger partial charge in [-0.15, -0.1) is 11.3 Å². The molecule has 5 heteroatoms. The second-order valence-corrected chi connectivity index (χ2v) is 9.03. The molecule has 3 atom stereocenters. The highest BCUT2D eigenvalue weighted by Crippen LogP contribution is 2.43. The lowest BCUT2D eigenvalue weighted by atomic mass is 10.0. The molecule has 4 nitrogen and oxygen atoms in total. The third-order valence-corrected chi connectivity index (χ3v) is 7.02. The first-order valence-electron chi connectivity index (χ1n) is 9.57. The van der Waals surface area contributed by atoms with E-state index in [0.717, 1.165) is 28.3 Å². The number of thiazole rings is 1. The number of hydrogen-bond acceptors (Lipinski definition) is 4. The van der Waals surface area contributed by atoms with Crippen molar-refractivity contribution in [2.45, 2.75) is 58.5 Å². The Hall–Kier alpha value is -1.72. The third-order valence-electron chi connectivity index (χ3n) is 6.01. The quantitative estimate of drug-likeness (QED) is 0.887. The summed E-state index contributed by atoms with van der Waals surface area (Å²) in [6.45, 7) is 6.73. The van der Waals surface area contributed by atoms with Crippen LogP contribution in [0.1, 0.15) is 52.3 Å². The van der Waals surface area contributed by atoms with Crippen LogP contribution in [0.3, 0.4) is 0 Å². The zero-order valence-corrected chi connectivity index (χ0v) is 16.6. The van der Waals surface area contributed by atoms with Crippen LogP contribution in [0, 0.1) is 26.7 Å². The molecule has 1 aliphatic heterocycles. The fourth-order valence-corrected chi connectivity index (χ4v) is 5.86. The van der Waals surface area contributed by atoms with E-state index in [1.165, 1.54) is 24.0 Å². The van der Waals surface area contributed by atoms with E-state index >= 15 is 0 Å². The zero-order chi connectivity index (χ0) is 18.4. The number of likely N-dealkylation sites (tertiary alicyclic amines) is 1. The van der Waals surface area contributed by atoms with Crippen LogP contribution < -0.4 is 5.73 Å². The molecule has 1 saturated heterocycles. The van der Waals surface area contributed by atoms with Gasteiger partial charge in [0.15, 0.2) is 0 Å². The number of rotatable bonds is 3. The topological polar surface area (TPSA) is 59.2 Å². The van der Waals surface area contributed by atoms with Gasteiger partial charge in [-0.1, -0.05) is 30.2 Å². The lowest BCUT2D eigenvalue weighted by Crippen LogP contribution is -2.44. The average Bonchev–Trinajstić information content (AvgIpc) is 3.27. The van der Waals surface area contributed by atoms with E-state index < -0.39 is 0 Å². The molecule has 26 heavy (non-hydrogen) atoms. The van der Waals surface area contributed by atoms with E-state index in [1.807, 2.05) is 6.92 Å². The van der Waals surface area contributed by atoms with Gasteiger partial charge in [-0.25, -0.2) is 4.98 Å². The maximum Gasteiger partial charge on any atom is 0.274 e. The van der Waals surface area contributed by atoms with Crippen molar-refractivity contribution in [2.24, 2.45) is 11.7 Å². The Labute approximate surface area is 159 Å². The van der Waals surface area contributed by atoms with E-state index in [9.17, 15) is 4.79 Å². The fraction of sp³-hybridized carbons (Fsp3) is 0.524. The molecule has 2 fully saturated rings. The van der Waals surface area contributed by atoms with E-state index in [0.29, 0.717) is 24.2 Å². The second-order valence-electron chi connectivity index (χ2n) is 7.82. The van der Waals surface area contributed by atoms with Crippen molar-refractivity contribution in [1.82, 2.24) is 9.88 Å². The van der Waals surface area contributed by atoms with Gasteiger partial charge in [-0.3, -0.25) is 4.79 Å². The van der Waals surface area contributed by atoms with Gasteiger partial charge in [0.1, 0.15) is 5.69 Å². The standard InChI is InChI=1S/C21H27N3OS/c1-12-7-8-17(13(2)9-12)20-19(23-14(3)26-20)21(25)24-16(11-22)10-15-5-4-6-18(15)24/h7-9,15-16,18H,4-6,10-11,22H2,1-3H3/t15-,16-,18-/m0/s1. The number of aromatic nitrogens is 1. The Morgan fingerprint density at radius 1 is 1.31 bits per heavy atom. The van der Waals surface area contributed by atoms with E-state index in [4.69, 9.17) is 5.73 Å². The molecule has 1 saturated carbocycles. The summed E-state index contributed by atoms with van der Waals surface area (Å²) in [6.07, 6.45) is 4.60. The minimum Gasteiger partial charge on any atom is -0.330 e. The molecular weight excluding hydrogens is 342 g/mol. The van der Waals surface area contributed by atoms with Crippen LogP contribution in [0.15, 0.2) is 18.2 Å². The molecule has 4 rings (SSSR count). The molecule has 1 aromatic heterocycles. The maximum absolute atomic E-state index is 13.6. The smallest absolute Gasteiger partial charge is 0.274 e. The van der Waals surface area contributed by atoms with Crippen LogP contribution in [0.2, 0.25) is 0 Å². The molecule has 2 aliphatic rings. The number of fused-ring (bicyclic) bond motifs is 1. The first-order valence-corrected chi connectivity index (χ1v) is 10.4. The van der Waals surface area contributed by atoms with Crippen molar-refractivity contribution < 1.29 is 4.79 Å². The van der Waals surface area contributed by atoms with Crippen LogP contribution in [-0.4, -0.2) is 34.4 Å². The summed E-state index contributed by atoms with van der Waals surface area (Å²) >= 11 is 1.62. The Kier molecular flexibility index (Phi) is 4.61. The average molecular weight is 370 g/mol. The lowest BCUT2D eigenvalue weighted by Gasteiger charge is -2.29. The van der Waals surface area contributed by atoms with Gasteiger partial charge in [-0.05, 0) is 57.1 Å². The summed E-state index contributed by atoms with van der Waals surface area (Å²) in [7, 11) is 0.